The van der Waals surface area contributed by atoms with Gasteiger partial charge in [-0.1, -0.05) is 6.07 Å². The second-order valence-electron chi connectivity index (χ2n) is 6.86. The van der Waals surface area contributed by atoms with E-state index in [1.807, 2.05) is 0 Å². The van der Waals surface area contributed by atoms with Crippen molar-refractivity contribution in [2.45, 2.75) is 11.8 Å². The molecule has 9 nitrogen and oxygen atoms in total. The van der Waals surface area contributed by atoms with Crippen LogP contribution in [0.3, 0.4) is 0 Å². The molecule has 1 N–H and O–H groups in total. The molecule has 0 radical (unpaired) electrons. The van der Waals surface area contributed by atoms with E-state index in [2.05, 4.69) is 5.32 Å². The Kier molecular flexibility index (Phi) is 6.32. The van der Waals surface area contributed by atoms with Gasteiger partial charge in [-0.05, 0) is 43.3 Å². The number of hydrogen-bond donors (Lipinski definition) is 1. The molecule has 0 saturated heterocycles. The van der Waals surface area contributed by atoms with Crippen LogP contribution in [0.25, 0.3) is 11.0 Å². The fourth-order valence-electron chi connectivity index (χ4n) is 2.86. The molecule has 0 saturated carbocycles. The Morgan fingerprint density at radius 1 is 1.13 bits per heavy atom. The molecular formula is C21H22N2O7S. The van der Waals surface area contributed by atoms with Crippen molar-refractivity contribution in [3.8, 4) is 5.75 Å². The lowest BCUT2D eigenvalue weighted by atomic mass is 10.1. The van der Waals surface area contributed by atoms with E-state index in [4.69, 9.17) is 13.9 Å². The number of amides is 1. The number of nitrogens with one attached hydrogen (secondary N) is 1. The van der Waals surface area contributed by atoms with E-state index < -0.39 is 28.5 Å². The van der Waals surface area contributed by atoms with E-state index in [1.54, 1.807) is 25.1 Å². The topological polar surface area (TPSA) is 115 Å². The smallest absolute Gasteiger partial charge is 0.375 e. The van der Waals surface area contributed by atoms with Gasteiger partial charge in [0, 0.05) is 30.7 Å². The Morgan fingerprint density at radius 2 is 1.87 bits per heavy atom. The average Bonchev–Trinajstić information content (AvgIpc) is 3.08. The summed E-state index contributed by atoms with van der Waals surface area (Å²) in [5, 5.41) is 3.21. The highest BCUT2D eigenvalue weighted by Gasteiger charge is 2.21. The van der Waals surface area contributed by atoms with Gasteiger partial charge in [0.1, 0.15) is 11.3 Å². The van der Waals surface area contributed by atoms with Crippen LogP contribution in [-0.4, -0.2) is 52.4 Å². The van der Waals surface area contributed by atoms with Gasteiger partial charge in [0.05, 0.1) is 12.0 Å². The Hall–Kier alpha value is -3.37. The Morgan fingerprint density at radius 3 is 2.55 bits per heavy atom. The zero-order chi connectivity index (χ0) is 22.8. The molecule has 1 aromatic heterocycles. The minimum Gasteiger partial charge on any atom is -0.497 e. The van der Waals surface area contributed by atoms with Gasteiger partial charge >= 0.3 is 5.97 Å². The minimum absolute atomic E-state index is 0.00451. The summed E-state index contributed by atoms with van der Waals surface area (Å²) in [7, 11) is 0.719. The van der Waals surface area contributed by atoms with E-state index >= 15 is 0 Å². The van der Waals surface area contributed by atoms with Gasteiger partial charge in [-0.25, -0.2) is 17.5 Å². The third kappa shape index (κ3) is 4.70. The van der Waals surface area contributed by atoms with E-state index in [1.165, 1.54) is 45.5 Å². The minimum atomic E-state index is -3.64. The number of aryl methyl sites for hydroxylation is 1. The maximum atomic E-state index is 12.4. The lowest BCUT2D eigenvalue weighted by Gasteiger charge is -2.12. The summed E-state index contributed by atoms with van der Waals surface area (Å²) in [5.41, 5.74) is 1.32. The van der Waals surface area contributed by atoms with Crippen molar-refractivity contribution < 1.29 is 31.9 Å². The third-order valence-corrected chi connectivity index (χ3v) is 6.37. The van der Waals surface area contributed by atoms with Crippen LogP contribution in [0.1, 0.15) is 16.1 Å². The molecule has 0 aliphatic heterocycles. The molecule has 0 unspecified atom stereocenters. The van der Waals surface area contributed by atoms with Crippen molar-refractivity contribution in [3.05, 3.63) is 53.8 Å². The number of rotatable bonds is 7. The number of methoxy groups -OCH3 is 1. The summed E-state index contributed by atoms with van der Waals surface area (Å²) in [6.45, 7) is 1.14. The van der Waals surface area contributed by atoms with Gasteiger partial charge in [0.2, 0.25) is 15.8 Å². The molecule has 0 fully saturated rings. The molecule has 10 heteroatoms. The zero-order valence-corrected chi connectivity index (χ0v) is 18.3. The molecule has 3 aromatic rings. The fourth-order valence-corrected chi connectivity index (χ4v) is 3.81. The van der Waals surface area contributed by atoms with Crippen LogP contribution in [0.2, 0.25) is 0 Å². The molecule has 1 amide bonds. The van der Waals surface area contributed by atoms with Gasteiger partial charge in [0.15, 0.2) is 6.61 Å². The van der Waals surface area contributed by atoms with Crippen molar-refractivity contribution in [1.29, 1.82) is 0 Å². The number of hydrogen-bond acceptors (Lipinski definition) is 7. The number of sulfonamides is 1. The molecule has 0 aliphatic rings. The van der Waals surface area contributed by atoms with Crippen LogP contribution >= 0.6 is 0 Å². The molecule has 0 bridgehead atoms. The normalized spacial score (nSPS) is 11.5. The molecule has 0 aliphatic carbocycles. The monoisotopic (exact) mass is 446 g/mol. The van der Waals surface area contributed by atoms with Crippen molar-refractivity contribution in [2.24, 2.45) is 0 Å². The maximum Gasteiger partial charge on any atom is 0.375 e. The van der Waals surface area contributed by atoms with Gasteiger partial charge in [-0.15, -0.1) is 0 Å². The lowest BCUT2D eigenvalue weighted by molar-refractivity contribution is -0.119. The SMILES string of the molecule is COc1ccc2oc(C(=O)OCC(=O)Nc3cccc(S(=O)(=O)N(C)C)c3)c(C)c2c1. The molecule has 0 spiro atoms. The molecular weight excluding hydrogens is 424 g/mol. The second kappa shape index (κ2) is 8.78. The summed E-state index contributed by atoms with van der Waals surface area (Å²) in [6.07, 6.45) is 0. The highest BCUT2D eigenvalue weighted by molar-refractivity contribution is 7.89. The number of ether oxygens (including phenoxy) is 2. The standard InChI is InChI=1S/C21H22N2O7S/c1-13-17-11-15(28-4)8-9-18(17)30-20(13)21(25)29-12-19(24)22-14-6-5-7-16(10-14)31(26,27)23(2)3/h5-11H,12H2,1-4H3,(H,22,24). The number of benzene rings is 2. The molecule has 1 heterocycles. The largest absolute Gasteiger partial charge is 0.497 e. The fraction of sp³-hybridized carbons (Fsp3) is 0.238. The summed E-state index contributed by atoms with van der Waals surface area (Å²) in [5.74, 6) is -0.792. The Labute approximate surface area is 179 Å². The van der Waals surface area contributed by atoms with E-state index in [9.17, 15) is 18.0 Å². The van der Waals surface area contributed by atoms with Gasteiger partial charge in [-0.2, -0.15) is 0 Å². The Bertz CT molecular complexity index is 1250. The Balaban J connectivity index is 1.67. The van der Waals surface area contributed by atoms with Crippen molar-refractivity contribution >= 4 is 38.6 Å². The van der Waals surface area contributed by atoms with Crippen LogP contribution in [0, 0.1) is 6.92 Å². The molecule has 2 aromatic carbocycles. The van der Waals surface area contributed by atoms with E-state index in [0.717, 1.165) is 4.31 Å². The summed E-state index contributed by atoms with van der Waals surface area (Å²) in [4.78, 5) is 24.6. The maximum absolute atomic E-state index is 12.4. The highest BCUT2D eigenvalue weighted by atomic mass is 32.2. The van der Waals surface area contributed by atoms with Crippen LogP contribution in [-0.2, 0) is 19.6 Å². The summed E-state index contributed by atoms with van der Waals surface area (Å²) in [6, 6.07) is 10.9. The lowest BCUT2D eigenvalue weighted by Crippen LogP contribution is -2.23. The first kappa shape index (κ1) is 22.3. The van der Waals surface area contributed by atoms with Crippen LogP contribution in [0.4, 0.5) is 5.69 Å². The van der Waals surface area contributed by atoms with Gasteiger partial charge in [-0.3, -0.25) is 4.79 Å². The number of nitrogens with zero attached hydrogens (tertiary/aromatic N) is 1. The number of anilines is 1. The average molecular weight is 446 g/mol. The van der Waals surface area contributed by atoms with Crippen LogP contribution in [0.15, 0.2) is 51.8 Å². The van der Waals surface area contributed by atoms with E-state index in [-0.39, 0.29) is 16.3 Å². The second-order valence-corrected chi connectivity index (χ2v) is 9.01. The molecule has 0 atom stereocenters. The quantitative estimate of drug-likeness (QED) is 0.555. The third-order valence-electron chi connectivity index (χ3n) is 4.56. The van der Waals surface area contributed by atoms with Gasteiger partial charge < -0.3 is 19.2 Å². The summed E-state index contributed by atoms with van der Waals surface area (Å²) < 4.78 is 41.3. The number of carbonyl (C=O) groups is 2. The molecule has 164 valence electrons. The predicted molar refractivity (Wildman–Crippen MR) is 114 cm³/mol. The van der Waals surface area contributed by atoms with Gasteiger partial charge in [0.25, 0.3) is 5.91 Å². The highest BCUT2D eigenvalue weighted by Crippen LogP contribution is 2.29. The summed E-state index contributed by atoms with van der Waals surface area (Å²) >= 11 is 0. The predicted octanol–water partition coefficient (Wildman–Crippen LogP) is 2.80. The number of esters is 1. The zero-order valence-electron chi connectivity index (χ0n) is 17.5. The van der Waals surface area contributed by atoms with Crippen LogP contribution in [0.5, 0.6) is 5.75 Å². The number of carbonyl (C=O) groups excluding carboxylic acids is 2. The number of fused-ring (bicyclic) bond motifs is 1. The molecule has 31 heavy (non-hydrogen) atoms. The van der Waals surface area contributed by atoms with Crippen molar-refractivity contribution in [2.75, 3.05) is 33.1 Å². The van der Waals surface area contributed by atoms with E-state index in [0.29, 0.717) is 22.3 Å². The van der Waals surface area contributed by atoms with Crippen molar-refractivity contribution in [3.63, 3.8) is 0 Å². The first-order valence-electron chi connectivity index (χ1n) is 9.20. The number of furan rings is 1. The van der Waals surface area contributed by atoms with Crippen LogP contribution < -0.4 is 10.1 Å². The molecule has 3 rings (SSSR count). The first-order chi connectivity index (χ1) is 14.6. The first-order valence-corrected chi connectivity index (χ1v) is 10.6. The van der Waals surface area contributed by atoms with Crippen molar-refractivity contribution in [1.82, 2.24) is 4.31 Å².